The predicted octanol–water partition coefficient (Wildman–Crippen LogP) is 2.21. The SMILES string of the molecule is O=C(CSCC1CCCC1)NCC1CCCO1. The van der Waals surface area contributed by atoms with Gasteiger partial charge in [0.2, 0.25) is 5.91 Å². The third kappa shape index (κ3) is 4.88. The van der Waals surface area contributed by atoms with Gasteiger partial charge in [-0.2, -0.15) is 11.8 Å². The van der Waals surface area contributed by atoms with Crippen LogP contribution in [0.5, 0.6) is 0 Å². The molecule has 0 spiro atoms. The second kappa shape index (κ2) is 7.27. The van der Waals surface area contributed by atoms with E-state index < -0.39 is 0 Å². The van der Waals surface area contributed by atoms with Crippen molar-refractivity contribution in [1.82, 2.24) is 5.32 Å². The Kier molecular flexibility index (Phi) is 5.65. The van der Waals surface area contributed by atoms with Crippen molar-refractivity contribution in [2.24, 2.45) is 5.92 Å². The lowest BCUT2D eigenvalue weighted by Crippen LogP contribution is -2.33. The lowest BCUT2D eigenvalue weighted by Gasteiger charge is -2.11. The average Bonchev–Trinajstić information content (AvgIpc) is 2.99. The van der Waals surface area contributed by atoms with Gasteiger partial charge in [-0.05, 0) is 37.4 Å². The molecule has 1 amide bonds. The maximum Gasteiger partial charge on any atom is 0.230 e. The Hall–Kier alpha value is -0.220. The highest BCUT2D eigenvalue weighted by Gasteiger charge is 2.17. The van der Waals surface area contributed by atoms with Crippen molar-refractivity contribution in [2.75, 3.05) is 24.7 Å². The Morgan fingerprint density at radius 2 is 2.06 bits per heavy atom. The van der Waals surface area contributed by atoms with Gasteiger partial charge in [0, 0.05) is 13.2 Å². The third-order valence-corrected chi connectivity index (χ3v) is 4.79. The van der Waals surface area contributed by atoms with Crippen LogP contribution in [0.15, 0.2) is 0 Å². The molecule has 0 radical (unpaired) electrons. The summed E-state index contributed by atoms with van der Waals surface area (Å²) >= 11 is 1.79. The van der Waals surface area contributed by atoms with E-state index >= 15 is 0 Å². The molecule has 1 aliphatic heterocycles. The number of thioether (sulfide) groups is 1. The molecule has 0 bridgehead atoms. The summed E-state index contributed by atoms with van der Waals surface area (Å²) in [7, 11) is 0. The van der Waals surface area contributed by atoms with Gasteiger partial charge in [0.15, 0.2) is 0 Å². The van der Waals surface area contributed by atoms with Crippen LogP contribution in [0.3, 0.4) is 0 Å². The van der Waals surface area contributed by atoms with Crippen molar-refractivity contribution in [1.29, 1.82) is 0 Å². The third-order valence-electron chi connectivity index (χ3n) is 3.61. The van der Waals surface area contributed by atoms with Gasteiger partial charge in [0.05, 0.1) is 11.9 Å². The van der Waals surface area contributed by atoms with Crippen LogP contribution in [0.2, 0.25) is 0 Å². The van der Waals surface area contributed by atoms with E-state index in [4.69, 9.17) is 4.74 Å². The maximum absolute atomic E-state index is 11.6. The van der Waals surface area contributed by atoms with Crippen molar-refractivity contribution in [3.63, 3.8) is 0 Å². The maximum atomic E-state index is 11.6. The molecule has 1 saturated heterocycles. The first-order chi connectivity index (χ1) is 8.34. The van der Waals surface area contributed by atoms with E-state index in [0.717, 1.165) is 31.1 Å². The van der Waals surface area contributed by atoms with Gasteiger partial charge >= 0.3 is 0 Å². The second-order valence-corrected chi connectivity index (χ2v) is 6.13. The standard InChI is InChI=1S/C13H23NO2S/c15-13(14-8-12-6-3-7-16-12)10-17-9-11-4-1-2-5-11/h11-12H,1-10H2,(H,14,15). The predicted molar refractivity (Wildman–Crippen MR) is 71.3 cm³/mol. The molecule has 0 aromatic rings. The van der Waals surface area contributed by atoms with E-state index in [1.165, 1.54) is 25.7 Å². The van der Waals surface area contributed by atoms with Crippen molar-refractivity contribution in [2.45, 2.75) is 44.6 Å². The summed E-state index contributed by atoms with van der Waals surface area (Å²) in [4.78, 5) is 11.6. The number of hydrogen-bond donors (Lipinski definition) is 1. The summed E-state index contributed by atoms with van der Waals surface area (Å²) in [5.41, 5.74) is 0. The molecule has 1 heterocycles. The molecule has 0 aromatic heterocycles. The molecule has 4 heteroatoms. The first kappa shape index (κ1) is 13.2. The molecular formula is C13H23NO2S. The van der Waals surface area contributed by atoms with Crippen LogP contribution in [-0.4, -0.2) is 36.7 Å². The fourth-order valence-corrected chi connectivity index (χ4v) is 3.65. The number of nitrogens with one attached hydrogen (secondary N) is 1. The molecule has 1 unspecified atom stereocenters. The smallest absolute Gasteiger partial charge is 0.230 e. The summed E-state index contributed by atoms with van der Waals surface area (Å²) in [5.74, 6) is 2.81. The van der Waals surface area contributed by atoms with E-state index in [1.54, 1.807) is 11.8 Å². The highest BCUT2D eigenvalue weighted by molar-refractivity contribution is 7.99. The van der Waals surface area contributed by atoms with Crippen molar-refractivity contribution in [3.8, 4) is 0 Å². The minimum atomic E-state index is 0.170. The van der Waals surface area contributed by atoms with Crippen LogP contribution in [0.25, 0.3) is 0 Å². The van der Waals surface area contributed by atoms with Crippen LogP contribution >= 0.6 is 11.8 Å². The van der Waals surface area contributed by atoms with Gasteiger partial charge in [-0.3, -0.25) is 4.79 Å². The molecule has 0 aromatic carbocycles. The Bertz CT molecular complexity index is 236. The summed E-state index contributed by atoms with van der Waals surface area (Å²) in [6, 6.07) is 0. The number of rotatable bonds is 6. The molecule has 2 rings (SSSR count). The van der Waals surface area contributed by atoms with E-state index in [2.05, 4.69) is 5.32 Å². The van der Waals surface area contributed by atoms with Crippen molar-refractivity contribution >= 4 is 17.7 Å². The van der Waals surface area contributed by atoms with Gasteiger partial charge in [-0.15, -0.1) is 0 Å². The molecule has 1 N–H and O–H groups in total. The minimum absolute atomic E-state index is 0.170. The largest absolute Gasteiger partial charge is 0.376 e. The van der Waals surface area contributed by atoms with Crippen LogP contribution in [0.1, 0.15) is 38.5 Å². The van der Waals surface area contributed by atoms with Crippen molar-refractivity contribution in [3.05, 3.63) is 0 Å². The molecule has 3 nitrogen and oxygen atoms in total. The highest BCUT2D eigenvalue weighted by atomic mass is 32.2. The molecule has 1 saturated carbocycles. The Morgan fingerprint density at radius 1 is 1.24 bits per heavy atom. The van der Waals surface area contributed by atoms with Gasteiger partial charge in [0.25, 0.3) is 0 Å². The van der Waals surface area contributed by atoms with Crippen LogP contribution in [0.4, 0.5) is 0 Å². The average molecular weight is 257 g/mol. The van der Waals surface area contributed by atoms with Crippen LogP contribution < -0.4 is 5.32 Å². The monoisotopic (exact) mass is 257 g/mol. The normalized spacial score (nSPS) is 25.3. The summed E-state index contributed by atoms with van der Waals surface area (Å²) in [5, 5.41) is 2.97. The van der Waals surface area contributed by atoms with Crippen LogP contribution in [-0.2, 0) is 9.53 Å². The lowest BCUT2D eigenvalue weighted by molar-refractivity contribution is -0.119. The van der Waals surface area contributed by atoms with Gasteiger partial charge in [-0.25, -0.2) is 0 Å². The molecule has 2 fully saturated rings. The zero-order valence-corrected chi connectivity index (χ0v) is 11.3. The van der Waals surface area contributed by atoms with Gasteiger partial charge in [-0.1, -0.05) is 12.8 Å². The summed E-state index contributed by atoms with van der Waals surface area (Å²) < 4.78 is 5.47. The molecule has 2 aliphatic rings. The van der Waals surface area contributed by atoms with E-state index in [0.29, 0.717) is 12.3 Å². The zero-order valence-electron chi connectivity index (χ0n) is 10.5. The summed E-state index contributed by atoms with van der Waals surface area (Å²) in [6.45, 7) is 1.56. The quantitative estimate of drug-likeness (QED) is 0.793. The number of hydrogen-bond acceptors (Lipinski definition) is 3. The number of amides is 1. The molecule has 17 heavy (non-hydrogen) atoms. The fraction of sp³-hybridized carbons (Fsp3) is 0.923. The van der Waals surface area contributed by atoms with E-state index in [9.17, 15) is 4.79 Å². The Balaban J connectivity index is 1.48. The highest BCUT2D eigenvalue weighted by Crippen LogP contribution is 2.27. The van der Waals surface area contributed by atoms with Gasteiger partial charge in [0.1, 0.15) is 0 Å². The number of carbonyl (C=O) groups is 1. The zero-order chi connectivity index (χ0) is 11.9. The Morgan fingerprint density at radius 3 is 2.76 bits per heavy atom. The molecule has 1 aliphatic carbocycles. The first-order valence-electron chi connectivity index (χ1n) is 6.80. The minimum Gasteiger partial charge on any atom is -0.376 e. The summed E-state index contributed by atoms with van der Waals surface area (Å²) in [6.07, 6.45) is 7.99. The Labute approximate surface area is 108 Å². The van der Waals surface area contributed by atoms with Gasteiger partial charge < -0.3 is 10.1 Å². The fourth-order valence-electron chi connectivity index (χ4n) is 2.58. The second-order valence-electron chi connectivity index (χ2n) is 5.10. The molecule has 1 atom stereocenters. The van der Waals surface area contributed by atoms with Crippen LogP contribution in [0, 0.1) is 5.92 Å². The topological polar surface area (TPSA) is 38.3 Å². The van der Waals surface area contributed by atoms with E-state index in [1.807, 2.05) is 0 Å². The number of ether oxygens (including phenoxy) is 1. The first-order valence-corrected chi connectivity index (χ1v) is 7.96. The van der Waals surface area contributed by atoms with Crippen molar-refractivity contribution < 1.29 is 9.53 Å². The number of carbonyl (C=O) groups excluding carboxylic acids is 1. The molecular weight excluding hydrogens is 234 g/mol. The lowest BCUT2D eigenvalue weighted by atomic mass is 10.1. The van der Waals surface area contributed by atoms with E-state index in [-0.39, 0.29) is 12.0 Å². The molecule has 98 valence electrons.